The van der Waals surface area contributed by atoms with E-state index in [4.69, 9.17) is 0 Å². The monoisotopic (exact) mass is 399 g/mol. The fourth-order valence-corrected chi connectivity index (χ4v) is 4.58. The SMILES string of the molecule is CC1CCCCN1CCCCNC(=O)c1cccc(NC(=O)C2CCCCC2)c1. The third-order valence-corrected chi connectivity index (χ3v) is 6.47. The first-order valence-corrected chi connectivity index (χ1v) is 11.6. The van der Waals surface area contributed by atoms with Gasteiger partial charge in [-0.25, -0.2) is 0 Å². The van der Waals surface area contributed by atoms with Crippen molar-refractivity contribution in [2.75, 3.05) is 25.0 Å². The molecule has 0 radical (unpaired) electrons. The van der Waals surface area contributed by atoms with Crippen LogP contribution in [0.15, 0.2) is 24.3 Å². The zero-order valence-corrected chi connectivity index (χ0v) is 17.9. The average Bonchev–Trinajstić information content (AvgIpc) is 2.75. The van der Waals surface area contributed by atoms with E-state index in [1.165, 1.54) is 32.2 Å². The molecule has 0 aromatic heterocycles. The Morgan fingerprint density at radius 3 is 2.62 bits per heavy atom. The summed E-state index contributed by atoms with van der Waals surface area (Å²) in [5, 5.41) is 6.02. The first-order chi connectivity index (χ1) is 14.1. The number of carbonyl (C=O) groups excluding carboxylic acids is 2. The number of likely N-dealkylation sites (tertiary alicyclic amines) is 1. The van der Waals surface area contributed by atoms with Crippen LogP contribution in [0.5, 0.6) is 0 Å². The third kappa shape index (κ3) is 6.84. The van der Waals surface area contributed by atoms with Gasteiger partial charge in [0.15, 0.2) is 0 Å². The van der Waals surface area contributed by atoms with Gasteiger partial charge in [-0.1, -0.05) is 31.7 Å². The van der Waals surface area contributed by atoms with E-state index < -0.39 is 0 Å². The van der Waals surface area contributed by atoms with Crippen molar-refractivity contribution in [2.24, 2.45) is 5.92 Å². The molecule has 0 spiro atoms. The molecule has 160 valence electrons. The summed E-state index contributed by atoms with van der Waals surface area (Å²) in [5.74, 6) is 0.142. The van der Waals surface area contributed by atoms with Gasteiger partial charge in [-0.3, -0.25) is 9.59 Å². The van der Waals surface area contributed by atoms with E-state index in [9.17, 15) is 9.59 Å². The number of rotatable bonds is 8. The Bertz CT molecular complexity index is 670. The maximum Gasteiger partial charge on any atom is 0.251 e. The van der Waals surface area contributed by atoms with Gasteiger partial charge in [0.1, 0.15) is 0 Å². The lowest BCUT2D eigenvalue weighted by Gasteiger charge is -2.33. The van der Waals surface area contributed by atoms with Crippen molar-refractivity contribution in [3.63, 3.8) is 0 Å². The van der Waals surface area contributed by atoms with Crippen molar-refractivity contribution in [2.45, 2.75) is 77.2 Å². The Morgan fingerprint density at radius 1 is 1.03 bits per heavy atom. The highest BCUT2D eigenvalue weighted by Gasteiger charge is 2.21. The lowest BCUT2D eigenvalue weighted by atomic mass is 9.88. The summed E-state index contributed by atoms with van der Waals surface area (Å²) in [7, 11) is 0. The first kappa shape index (κ1) is 21.8. The molecular weight excluding hydrogens is 362 g/mol. The van der Waals surface area contributed by atoms with E-state index in [1.807, 2.05) is 12.1 Å². The van der Waals surface area contributed by atoms with E-state index in [2.05, 4.69) is 22.5 Å². The Morgan fingerprint density at radius 2 is 1.83 bits per heavy atom. The number of anilines is 1. The number of unbranched alkanes of at least 4 members (excludes halogenated alkanes) is 1. The fraction of sp³-hybridized carbons (Fsp3) is 0.667. The molecule has 1 atom stereocenters. The van der Waals surface area contributed by atoms with Gasteiger partial charge < -0.3 is 15.5 Å². The van der Waals surface area contributed by atoms with Crippen LogP contribution in [0.2, 0.25) is 0 Å². The molecule has 5 heteroatoms. The summed E-state index contributed by atoms with van der Waals surface area (Å²) in [6.07, 6.45) is 11.5. The number of amides is 2. The number of nitrogens with one attached hydrogen (secondary N) is 2. The molecule has 1 heterocycles. The Kier molecular flexibility index (Phi) is 8.53. The van der Waals surface area contributed by atoms with Crippen LogP contribution in [0.25, 0.3) is 0 Å². The highest BCUT2D eigenvalue weighted by atomic mass is 16.2. The second-order valence-corrected chi connectivity index (χ2v) is 8.75. The molecule has 2 N–H and O–H groups in total. The van der Waals surface area contributed by atoms with E-state index in [0.29, 0.717) is 23.8 Å². The molecule has 5 nitrogen and oxygen atoms in total. The van der Waals surface area contributed by atoms with Crippen molar-refractivity contribution >= 4 is 17.5 Å². The molecule has 1 aliphatic heterocycles. The summed E-state index contributed by atoms with van der Waals surface area (Å²) in [6.45, 7) is 5.35. The Hall–Kier alpha value is -1.88. The molecule has 3 rings (SSSR count). The number of benzene rings is 1. The van der Waals surface area contributed by atoms with Crippen LogP contribution in [0.4, 0.5) is 5.69 Å². The largest absolute Gasteiger partial charge is 0.352 e. The predicted molar refractivity (Wildman–Crippen MR) is 118 cm³/mol. The van der Waals surface area contributed by atoms with Gasteiger partial charge in [0.2, 0.25) is 5.91 Å². The summed E-state index contributed by atoms with van der Waals surface area (Å²) in [5.41, 5.74) is 1.32. The van der Waals surface area contributed by atoms with Crippen molar-refractivity contribution in [1.82, 2.24) is 10.2 Å². The van der Waals surface area contributed by atoms with Crippen molar-refractivity contribution in [1.29, 1.82) is 0 Å². The van der Waals surface area contributed by atoms with Gasteiger partial charge in [0.25, 0.3) is 5.91 Å². The van der Waals surface area contributed by atoms with Gasteiger partial charge in [-0.15, -0.1) is 0 Å². The zero-order chi connectivity index (χ0) is 20.5. The van der Waals surface area contributed by atoms with Crippen LogP contribution in [-0.2, 0) is 4.79 Å². The van der Waals surface area contributed by atoms with Crippen molar-refractivity contribution < 1.29 is 9.59 Å². The van der Waals surface area contributed by atoms with Crippen molar-refractivity contribution in [3.8, 4) is 0 Å². The maximum absolute atomic E-state index is 12.5. The lowest BCUT2D eigenvalue weighted by Crippen LogP contribution is -2.38. The van der Waals surface area contributed by atoms with Gasteiger partial charge in [0, 0.05) is 29.8 Å². The van der Waals surface area contributed by atoms with Crippen LogP contribution >= 0.6 is 0 Å². The number of hydrogen-bond donors (Lipinski definition) is 2. The van der Waals surface area contributed by atoms with Crippen LogP contribution in [-0.4, -0.2) is 42.4 Å². The smallest absolute Gasteiger partial charge is 0.251 e. The zero-order valence-electron chi connectivity index (χ0n) is 17.9. The minimum Gasteiger partial charge on any atom is -0.352 e. The second-order valence-electron chi connectivity index (χ2n) is 8.75. The van der Waals surface area contributed by atoms with Gasteiger partial charge >= 0.3 is 0 Å². The molecule has 1 saturated carbocycles. The molecular formula is C24H37N3O2. The molecule has 1 aliphatic carbocycles. The molecule has 1 saturated heterocycles. The summed E-state index contributed by atoms with van der Waals surface area (Å²) < 4.78 is 0. The molecule has 2 amide bonds. The molecule has 1 unspecified atom stereocenters. The number of hydrogen-bond acceptors (Lipinski definition) is 3. The number of piperidine rings is 1. The van der Waals surface area contributed by atoms with E-state index in [1.54, 1.807) is 12.1 Å². The summed E-state index contributed by atoms with van der Waals surface area (Å²) in [4.78, 5) is 27.5. The van der Waals surface area contributed by atoms with Gasteiger partial charge in [0.05, 0.1) is 0 Å². The molecule has 0 bridgehead atoms. The van der Waals surface area contributed by atoms with Crippen LogP contribution in [0.3, 0.4) is 0 Å². The fourth-order valence-electron chi connectivity index (χ4n) is 4.58. The van der Waals surface area contributed by atoms with Crippen LogP contribution in [0.1, 0.15) is 81.5 Å². The highest BCUT2D eigenvalue weighted by Crippen LogP contribution is 2.25. The minimum absolute atomic E-state index is 0.0647. The molecule has 1 aromatic carbocycles. The molecule has 1 aromatic rings. The van der Waals surface area contributed by atoms with E-state index in [0.717, 1.165) is 45.1 Å². The maximum atomic E-state index is 12.5. The van der Waals surface area contributed by atoms with E-state index >= 15 is 0 Å². The first-order valence-electron chi connectivity index (χ1n) is 11.6. The summed E-state index contributed by atoms with van der Waals surface area (Å²) >= 11 is 0. The molecule has 29 heavy (non-hydrogen) atoms. The van der Waals surface area contributed by atoms with E-state index in [-0.39, 0.29) is 17.7 Å². The van der Waals surface area contributed by atoms with Crippen molar-refractivity contribution in [3.05, 3.63) is 29.8 Å². The number of nitrogens with zero attached hydrogens (tertiary/aromatic N) is 1. The Labute approximate surface area is 175 Å². The van der Waals surface area contributed by atoms with Crippen LogP contribution in [0, 0.1) is 5.92 Å². The van der Waals surface area contributed by atoms with Crippen LogP contribution < -0.4 is 10.6 Å². The predicted octanol–water partition coefficient (Wildman–Crippen LogP) is 4.59. The Balaban J connectivity index is 1.39. The molecule has 2 aliphatic rings. The second kappa shape index (κ2) is 11.3. The summed E-state index contributed by atoms with van der Waals surface area (Å²) in [6, 6.07) is 7.98. The lowest BCUT2D eigenvalue weighted by molar-refractivity contribution is -0.120. The molecule has 2 fully saturated rings. The minimum atomic E-state index is -0.0647. The van der Waals surface area contributed by atoms with Gasteiger partial charge in [-0.2, -0.15) is 0 Å². The highest BCUT2D eigenvalue weighted by molar-refractivity contribution is 5.97. The quantitative estimate of drug-likeness (QED) is 0.629. The third-order valence-electron chi connectivity index (χ3n) is 6.47. The average molecular weight is 400 g/mol. The normalized spacial score (nSPS) is 20.9. The number of carbonyl (C=O) groups is 2. The van der Waals surface area contributed by atoms with Gasteiger partial charge in [-0.05, 0) is 76.7 Å². The topological polar surface area (TPSA) is 61.4 Å². The standard InChI is InChI=1S/C24H37N3O2/c1-19-10-5-7-16-27(19)17-8-6-15-25-23(28)21-13-9-14-22(18-21)26-24(29)20-11-3-2-4-12-20/h9,13-14,18-20H,2-8,10-12,15-17H2,1H3,(H,25,28)(H,26,29).